The summed E-state index contributed by atoms with van der Waals surface area (Å²) in [4.78, 5) is 14.2. The van der Waals surface area contributed by atoms with E-state index < -0.39 is 0 Å². The van der Waals surface area contributed by atoms with E-state index in [1.54, 1.807) is 45.6 Å². The predicted molar refractivity (Wildman–Crippen MR) is 144 cm³/mol. The van der Waals surface area contributed by atoms with Gasteiger partial charge < -0.3 is 24.4 Å². The summed E-state index contributed by atoms with van der Waals surface area (Å²) in [5.41, 5.74) is 3.63. The standard InChI is InChI=1S/C21H23N3O4.C6H12ClN/c1-26-17-8-5-15(6-9-17)21(25)22-20-12-16(23-24-20)7-4-14-10-18(27-2)13-19(11-14)28-3;1-5(2)6(7)8(3)4/h5-6,8-13H,4,7H2,1-3H3,(H2,22,23,24,25);1-4H3. The summed E-state index contributed by atoms with van der Waals surface area (Å²) in [7, 11) is 8.70. The van der Waals surface area contributed by atoms with Crippen molar-refractivity contribution in [1.29, 1.82) is 0 Å². The van der Waals surface area contributed by atoms with Crippen LogP contribution < -0.4 is 19.5 Å². The average Bonchev–Trinajstić information content (AvgIpc) is 3.34. The Morgan fingerprint density at radius 2 is 1.50 bits per heavy atom. The topological polar surface area (TPSA) is 88.7 Å². The van der Waals surface area contributed by atoms with E-state index in [9.17, 15) is 4.79 Å². The second kappa shape index (κ2) is 14.0. The van der Waals surface area contributed by atoms with Crippen molar-refractivity contribution in [2.75, 3.05) is 40.7 Å². The smallest absolute Gasteiger partial charge is 0.256 e. The predicted octanol–water partition coefficient (Wildman–Crippen LogP) is 5.51. The van der Waals surface area contributed by atoms with Crippen molar-refractivity contribution in [2.45, 2.75) is 26.7 Å². The first-order valence-corrected chi connectivity index (χ1v) is 11.8. The molecule has 0 atom stereocenters. The van der Waals surface area contributed by atoms with Crippen molar-refractivity contribution in [3.05, 3.63) is 76.1 Å². The van der Waals surface area contributed by atoms with Crippen LogP contribution in [0.25, 0.3) is 0 Å². The number of rotatable bonds is 9. The van der Waals surface area contributed by atoms with Gasteiger partial charge in [0, 0.05) is 31.8 Å². The zero-order valence-corrected chi connectivity index (χ0v) is 22.7. The van der Waals surface area contributed by atoms with Gasteiger partial charge in [-0.05, 0) is 74.2 Å². The van der Waals surface area contributed by atoms with Crippen LogP contribution in [0.1, 0.15) is 35.5 Å². The lowest BCUT2D eigenvalue weighted by Gasteiger charge is -2.11. The molecule has 9 heteroatoms. The monoisotopic (exact) mass is 514 g/mol. The zero-order chi connectivity index (χ0) is 26.7. The summed E-state index contributed by atoms with van der Waals surface area (Å²) in [5.74, 6) is 2.55. The molecule has 0 aliphatic heterocycles. The summed E-state index contributed by atoms with van der Waals surface area (Å²) in [6.07, 6.45) is 1.48. The first-order valence-electron chi connectivity index (χ1n) is 11.4. The van der Waals surface area contributed by atoms with Crippen LogP contribution in [-0.2, 0) is 12.8 Å². The highest BCUT2D eigenvalue weighted by atomic mass is 35.5. The summed E-state index contributed by atoms with van der Waals surface area (Å²) in [6, 6.07) is 14.5. The van der Waals surface area contributed by atoms with E-state index in [0.29, 0.717) is 23.6 Å². The van der Waals surface area contributed by atoms with E-state index in [1.807, 2.05) is 57.1 Å². The molecule has 3 aromatic rings. The Kier molecular flexibility index (Phi) is 11.1. The molecular formula is C27H35ClN4O4. The molecule has 0 aliphatic rings. The van der Waals surface area contributed by atoms with Crippen molar-refractivity contribution in [1.82, 2.24) is 15.1 Å². The molecular weight excluding hydrogens is 480 g/mol. The van der Waals surface area contributed by atoms with Gasteiger partial charge in [-0.1, -0.05) is 11.6 Å². The largest absolute Gasteiger partial charge is 0.497 e. The van der Waals surface area contributed by atoms with Crippen molar-refractivity contribution in [3.63, 3.8) is 0 Å². The van der Waals surface area contributed by atoms with E-state index in [2.05, 4.69) is 15.5 Å². The number of hydrogen-bond acceptors (Lipinski definition) is 6. The molecule has 1 amide bonds. The van der Waals surface area contributed by atoms with Crippen molar-refractivity contribution >= 4 is 23.3 Å². The van der Waals surface area contributed by atoms with Crippen molar-refractivity contribution < 1.29 is 19.0 Å². The van der Waals surface area contributed by atoms with Crippen LogP contribution in [-0.4, -0.2) is 56.4 Å². The molecule has 194 valence electrons. The van der Waals surface area contributed by atoms with Gasteiger partial charge in [0.2, 0.25) is 0 Å². The summed E-state index contributed by atoms with van der Waals surface area (Å²) in [6.45, 7) is 3.98. The number of carbonyl (C=O) groups is 1. The summed E-state index contributed by atoms with van der Waals surface area (Å²) < 4.78 is 15.7. The fraction of sp³-hybridized carbons (Fsp3) is 0.333. The van der Waals surface area contributed by atoms with Gasteiger partial charge in [0.15, 0.2) is 0 Å². The van der Waals surface area contributed by atoms with Crippen LogP contribution in [0, 0.1) is 0 Å². The van der Waals surface area contributed by atoms with Crippen LogP contribution in [0.15, 0.2) is 59.3 Å². The maximum Gasteiger partial charge on any atom is 0.256 e. The Morgan fingerprint density at radius 1 is 0.917 bits per heavy atom. The molecule has 0 spiro atoms. The number of nitrogens with one attached hydrogen (secondary N) is 2. The van der Waals surface area contributed by atoms with E-state index >= 15 is 0 Å². The number of anilines is 1. The third-order valence-corrected chi connectivity index (χ3v) is 5.83. The third kappa shape index (κ3) is 8.85. The lowest BCUT2D eigenvalue weighted by Crippen LogP contribution is -2.11. The van der Waals surface area contributed by atoms with Crippen molar-refractivity contribution in [3.8, 4) is 17.2 Å². The van der Waals surface area contributed by atoms with E-state index in [-0.39, 0.29) is 5.91 Å². The number of ether oxygens (including phenoxy) is 3. The molecule has 0 unspecified atom stereocenters. The molecule has 0 saturated heterocycles. The Balaban J connectivity index is 0.000000493. The molecule has 1 aromatic heterocycles. The molecule has 0 radical (unpaired) electrons. The molecule has 0 aliphatic carbocycles. The van der Waals surface area contributed by atoms with Gasteiger partial charge in [0.25, 0.3) is 5.91 Å². The first-order chi connectivity index (χ1) is 17.2. The van der Waals surface area contributed by atoms with E-state index in [0.717, 1.165) is 39.9 Å². The van der Waals surface area contributed by atoms with Gasteiger partial charge in [0.1, 0.15) is 28.2 Å². The molecule has 36 heavy (non-hydrogen) atoms. The Labute approximate surface area is 218 Å². The number of amides is 1. The highest BCUT2D eigenvalue weighted by molar-refractivity contribution is 6.29. The molecule has 1 heterocycles. The van der Waals surface area contributed by atoms with Crippen LogP contribution in [0.4, 0.5) is 5.82 Å². The summed E-state index contributed by atoms with van der Waals surface area (Å²) >= 11 is 5.76. The van der Waals surface area contributed by atoms with Crippen LogP contribution in [0.3, 0.4) is 0 Å². The number of hydrogen-bond donors (Lipinski definition) is 2. The van der Waals surface area contributed by atoms with Gasteiger partial charge in [-0.2, -0.15) is 5.10 Å². The van der Waals surface area contributed by atoms with Gasteiger partial charge in [-0.25, -0.2) is 0 Å². The second-order valence-corrected chi connectivity index (χ2v) is 8.72. The Bertz CT molecular complexity index is 1130. The fourth-order valence-corrected chi connectivity index (χ4v) is 3.22. The number of aryl methyl sites for hydroxylation is 2. The zero-order valence-electron chi connectivity index (χ0n) is 21.9. The molecule has 0 bridgehead atoms. The van der Waals surface area contributed by atoms with Crippen LogP contribution in [0.5, 0.6) is 17.2 Å². The SMILES string of the molecule is CC(C)=C(Cl)N(C)C.COc1ccc(C(=O)Nc2cc(CCc3cc(OC)cc(OC)c3)n[nH]2)cc1. The Morgan fingerprint density at radius 3 is 1.97 bits per heavy atom. The molecule has 2 aromatic carbocycles. The van der Waals surface area contributed by atoms with Gasteiger partial charge in [-0.3, -0.25) is 9.89 Å². The fourth-order valence-electron chi connectivity index (χ4n) is 3.22. The van der Waals surface area contributed by atoms with Gasteiger partial charge in [0.05, 0.1) is 27.0 Å². The van der Waals surface area contributed by atoms with E-state index in [1.165, 1.54) is 0 Å². The van der Waals surface area contributed by atoms with Crippen LogP contribution in [0.2, 0.25) is 0 Å². The maximum atomic E-state index is 12.3. The number of halogens is 1. The lowest BCUT2D eigenvalue weighted by atomic mass is 10.1. The molecule has 0 saturated carbocycles. The van der Waals surface area contributed by atoms with E-state index in [4.69, 9.17) is 25.8 Å². The minimum atomic E-state index is -0.213. The molecule has 2 N–H and O–H groups in total. The minimum absolute atomic E-state index is 0.213. The number of benzene rings is 2. The van der Waals surface area contributed by atoms with Gasteiger partial charge >= 0.3 is 0 Å². The number of H-pyrrole nitrogens is 1. The highest BCUT2D eigenvalue weighted by Gasteiger charge is 2.09. The lowest BCUT2D eigenvalue weighted by molar-refractivity contribution is 0.102. The van der Waals surface area contributed by atoms with Crippen molar-refractivity contribution in [2.24, 2.45) is 0 Å². The number of carbonyl (C=O) groups excluding carboxylic acids is 1. The second-order valence-electron chi connectivity index (χ2n) is 8.36. The number of aromatic amines is 1. The molecule has 0 fully saturated rings. The first kappa shape index (κ1) is 28.6. The minimum Gasteiger partial charge on any atom is -0.497 e. The number of nitrogens with zero attached hydrogens (tertiary/aromatic N) is 2. The normalized spacial score (nSPS) is 10.0. The molecule has 8 nitrogen and oxygen atoms in total. The number of aromatic nitrogens is 2. The third-order valence-electron chi connectivity index (χ3n) is 5.12. The maximum absolute atomic E-state index is 12.3. The quantitative estimate of drug-likeness (QED) is 0.366. The Hall–Kier alpha value is -3.65. The number of allylic oxidation sites excluding steroid dienone is 1. The number of methoxy groups -OCH3 is 3. The van der Waals surface area contributed by atoms with Crippen LogP contribution >= 0.6 is 11.6 Å². The average molecular weight is 515 g/mol. The molecule has 3 rings (SSSR count). The summed E-state index contributed by atoms with van der Waals surface area (Å²) in [5, 5.41) is 10.8. The van der Waals surface area contributed by atoms with Gasteiger partial charge in [-0.15, -0.1) is 0 Å². The highest BCUT2D eigenvalue weighted by Crippen LogP contribution is 2.23.